The minimum Gasteiger partial charge on any atom is -0.370 e. The van der Waals surface area contributed by atoms with Gasteiger partial charge in [-0.25, -0.2) is 0 Å². The number of hydrogen-bond acceptors (Lipinski definition) is 3. The van der Waals surface area contributed by atoms with E-state index >= 15 is 0 Å². The van der Waals surface area contributed by atoms with E-state index < -0.39 is 0 Å². The largest absolute Gasteiger partial charge is 0.370 e. The minimum atomic E-state index is -0.0740. The first kappa shape index (κ1) is 15.3. The maximum Gasteiger partial charge on any atom is 0.225 e. The van der Waals surface area contributed by atoms with Gasteiger partial charge in [0.05, 0.1) is 13.2 Å². The molecule has 2 N–H and O–H groups in total. The second-order valence-corrected chi connectivity index (χ2v) is 5.61. The fourth-order valence-electron chi connectivity index (χ4n) is 2.41. The molecular formula is C15H21ClN2O2. The molecule has 4 nitrogen and oxygen atoms in total. The molecule has 0 saturated carbocycles. The van der Waals surface area contributed by atoms with Crippen molar-refractivity contribution in [1.29, 1.82) is 0 Å². The van der Waals surface area contributed by atoms with Gasteiger partial charge in [0, 0.05) is 17.5 Å². The number of ether oxygens (including phenoxy) is 1. The number of nitrogens with two attached hydrogens (primary N) is 1. The first-order valence-electron chi connectivity index (χ1n) is 6.97. The van der Waals surface area contributed by atoms with Gasteiger partial charge in [0.15, 0.2) is 0 Å². The Morgan fingerprint density at radius 3 is 2.85 bits per heavy atom. The van der Waals surface area contributed by atoms with E-state index in [2.05, 4.69) is 0 Å². The predicted molar refractivity (Wildman–Crippen MR) is 79.6 cm³/mol. The van der Waals surface area contributed by atoms with Crippen LogP contribution in [-0.4, -0.2) is 37.0 Å². The van der Waals surface area contributed by atoms with Gasteiger partial charge in [0.25, 0.3) is 0 Å². The molecule has 1 fully saturated rings. The van der Waals surface area contributed by atoms with E-state index in [1.165, 1.54) is 0 Å². The average Bonchev–Trinajstić information content (AvgIpc) is 2.47. The van der Waals surface area contributed by atoms with Crippen LogP contribution >= 0.6 is 11.6 Å². The lowest BCUT2D eigenvalue weighted by molar-refractivity contribution is -0.143. The monoisotopic (exact) mass is 296 g/mol. The van der Waals surface area contributed by atoms with Crippen molar-refractivity contribution in [2.75, 3.05) is 26.2 Å². The van der Waals surface area contributed by atoms with E-state index in [9.17, 15) is 4.79 Å². The van der Waals surface area contributed by atoms with Gasteiger partial charge in [-0.3, -0.25) is 4.79 Å². The second-order valence-electron chi connectivity index (χ2n) is 5.17. The molecule has 0 spiro atoms. The van der Waals surface area contributed by atoms with Crippen LogP contribution in [-0.2, 0) is 9.53 Å². The van der Waals surface area contributed by atoms with Crippen LogP contribution in [0, 0.1) is 5.92 Å². The van der Waals surface area contributed by atoms with Gasteiger partial charge < -0.3 is 15.4 Å². The highest BCUT2D eigenvalue weighted by Crippen LogP contribution is 2.24. The van der Waals surface area contributed by atoms with Crippen molar-refractivity contribution in [2.45, 2.75) is 19.4 Å². The molecule has 0 radical (unpaired) electrons. The second kappa shape index (κ2) is 7.07. The van der Waals surface area contributed by atoms with Crippen molar-refractivity contribution in [3.05, 3.63) is 34.9 Å². The van der Waals surface area contributed by atoms with Crippen LogP contribution in [0.25, 0.3) is 0 Å². The van der Waals surface area contributed by atoms with Gasteiger partial charge >= 0.3 is 0 Å². The van der Waals surface area contributed by atoms with Gasteiger partial charge in [-0.2, -0.15) is 0 Å². The number of benzene rings is 1. The zero-order chi connectivity index (χ0) is 14.5. The van der Waals surface area contributed by atoms with E-state index in [1.807, 2.05) is 36.1 Å². The molecule has 110 valence electrons. The fourth-order valence-corrected chi connectivity index (χ4v) is 2.54. The molecule has 0 bridgehead atoms. The Hall–Kier alpha value is -1.10. The van der Waals surface area contributed by atoms with Crippen molar-refractivity contribution in [3.63, 3.8) is 0 Å². The summed E-state index contributed by atoms with van der Waals surface area (Å²) in [7, 11) is 0. The Balaban J connectivity index is 2.01. The molecule has 1 aromatic carbocycles. The summed E-state index contributed by atoms with van der Waals surface area (Å²) in [6.45, 7) is 4.28. The Morgan fingerprint density at radius 2 is 2.20 bits per heavy atom. The molecule has 2 atom stereocenters. The normalized spacial score (nSPS) is 20.8. The maximum absolute atomic E-state index is 12.3. The van der Waals surface area contributed by atoms with Gasteiger partial charge in [0.1, 0.15) is 6.10 Å². The molecule has 20 heavy (non-hydrogen) atoms. The lowest BCUT2D eigenvalue weighted by Gasteiger charge is -2.34. The highest BCUT2D eigenvalue weighted by molar-refractivity contribution is 6.30. The molecule has 0 aliphatic carbocycles. The topological polar surface area (TPSA) is 55.6 Å². The third-order valence-corrected chi connectivity index (χ3v) is 3.89. The number of carbonyl (C=O) groups is 1. The summed E-state index contributed by atoms with van der Waals surface area (Å²) in [6.07, 6.45) is 0.650. The van der Waals surface area contributed by atoms with Crippen LogP contribution < -0.4 is 5.73 Å². The first-order valence-corrected chi connectivity index (χ1v) is 7.35. The number of nitrogens with zero attached hydrogens (tertiary/aromatic N) is 1. The summed E-state index contributed by atoms with van der Waals surface area (Å²) < 4.78 is 5.76. The van der Waals surface area contributed by atoms with Crippen LogP contribution in [0.15, 0.2) is 24.3 Å². The average molecular weight is 297 g/mol. The van der Waals surface area contributed by atoms with Gasteiger partial charge in [-0.05, 0) is 30.7 Å². The summed E-state index contributed by atoms with van der Waals surface area (Å²) in [5, 5.41) is 0.703. The number of morpholine rings is 1. The predicted octanol–water partition coefficient (Wildman–Crippen LogP) is 2.22. The van der Waals surface area contributed by atoms with E-state index in [1.54, 1.807) is 0 Å². The smallest absolute Gasteiger partial charge is 0.225 e. The highest BCUT2D eigenvalue weighted by atomic mass is 35.5. The van der Waals surface area contributed by atoms with Crippen molar-refractivity contribution in [3.8, 4) is 0 Å². The lowest BCUT2D eigenvalue weighted by atomic mass is 10.0. The molecule has 1 heterocycles. The molecule has 1 aliphatic rings. The highest BCUT2D eigenvalue weighted by Gasteiger charge is 2.27. The number of rotatable bonds is 4. The summed E-state index contributed by atoms with van der Waals surface area (Å²) in [4.78, 5) is 14.2. The van der Waals surface area contributed by atoms with Crippen molar-refractivity contribution >= 4 is 17.5 Å². The van der Waals surface area contributed by atoms with Crippen molar-refractivity contribution in [2.24, 2.45) is 11.7 Å². The van der Waals surface area contributed by atoms with Gasteiger partial charge in [-0.15, -0.1) is 0 Å². The van der Waals surface area contributed by atoms with E-state index in [4.69, 9.17) is 22.1 Å². The Bertz CT molecular complexity index is 450. The van der Waals surface area contributed by atoms with Crippen LogP contribution in [0.3, 0.4) is 0 Å². The number of hydrogen-bond donors (Lipinski definition) is 1. The van der Waals surface area contributed by atoms with Crippen LogP contribution in [0.4, 0.5) is 0 Å². The quantitative estimate of drug-likeness (QED) is 0.927. The summed E-state index contributed by atoms with van der Waals surface area (Å²) in [5.41, 5.74) is 6.58. The van der Waals surface area contributed by atoms with Gasteiger partial charge in [-0.1, -0.05) is 30.7 Å². The molecular weight excluding hydrogens is 276 g/mol. The van der Waals surface area contributed by atoms with Crippen LogP contribution in [0.2, 0.25) is 5.02 Å². The van der Waals surface area contributed by atoms with Crippen LogP contribution in [0.5, 0.6) is 0 Å². The number of amides is 1. The molecule has 1 amide bonds. The molecule has 1 saturated heterocycles. The molecule has 1 aromatic rings. The minimum absolute atomic E-state index is 0.0241. The third kappa shape index (κ3) is 3.72. The number of halogens is 1. The first-order chi connectivity index (χ1) is 9.61. The van der Waals surface area contributed by atoms with E-state index in [0.717, 1.165) is 12.0 Å². The standard InChI is InChI=1S/C15H21ClN2O2/c1-11(6-7-17)15(19)18-8-9-20-14(10-18)12-2-4-13(16)5-3-12/h2-5,11,14H,6-10,17H2,1H3. The zero-order valence-electron chi connectivity index (χ0n) is 11.7. The maximum atomic E-state index is 12.3. The van der Waals surface area contributed by atoms with Crippen LogP contribution in [0.1, 0.15) is 25.0 Å². The molecule has 2 unspecified atom stereocenters. The van der Waals surface area contributed by atoms with Crippen molar-refractivity contribution in [1.82, 2.24) is 4.90 Å². The van der Waals surface area contributed by atoms with Gasteiger partial charge in [0.2, 0.25) is 5.91 Å². The Morgan fingerprint density at radius 1 is 1.50 bits per heavy atom. The summed E-state index contributed by atoms with van der Waals surface area (Å²) >= 11 is 5.89. The molecule has 2 rings (SSSR count). The molecule has 0 aromatic heterocycles. The Kier molecular flexibility index (Phi) is 5.40. The van der Waals surface area contributed by atoms with Crippen molar-refractivity contribution < 1.29 is 9.53 Å². The van der Waals surface area contributed by atoms with E-state index in [-0.39, 0.29) is 17.9 Å². The summed E-state index contributed by atoms with van der Waals surface area (Å²) in [5.74, 6) is 0.140. The molecule has 5 heteroatoms. The Labute approximate surface area is 124 Å². The summed E-state index contributed by atoms with van der Waals surface area (Å²) in [6, 6.07) is 7.59. The lowest BCUT2D eigenvalue weighted by Crippen LogP contribution is -2.44. The fraction of sp³-hybridized carbons (Fsp3) is 0.533. The zero-order valence-corrected chi connectivity index (χ0v) is 12.5. The number of carbonyl (C=O) groups excluding carboxylic acids is 1. The van der Waals surface area contributed by atoms with E-state index in [0.29, 0.717) is 31.3 Å². The SMILES string of the molecule is CC(CCN)C(=O)N1CCOC(c2ccc(Cl)cc2)C1. The molecule has 1 aliphatic heterocycles. The third-order valence-electron chi connectivity index (χ3n) is 3.64.